The molecule has 9 nitrogen and oxygen atoms in total. The maximum atomic E-state index is 13.6. The molecule has 0 unspecified atom stereocenters. The van der Waals surface area contributed by atoms with Crippen LogP contribution in [-0.2, 0) is 19.6 Å². The fourth-order valence-electron chi connectivity index (χ4n) is 3.46. The molecule has 2 N–H and O–H groups in total. The highest BCUT2D eigenvalue weighted by Crippen LogP contribution is 2.41. The van der Waals surface area contributed by atoms with Gasteiger partial charge in [0, 0.05) is 12.6 Å². The number of nitrogens with one attached hydrogen (secondary N) is 2. The zero-order valence-corrected chi connectivity index (χ0v) is 21.0. The maximum Gasteiger partial charge on any atom is 0.427 e. The molecule has 3 rings (SSSR count). The van der Waals surface area contributed by atoms with E-state index in [2.05, 4.69) is 15.4 Å². The molecule has 0 saturated heterocycles. The first-order chi connectivity index (χ1) is 17.0. The molecule has 1 heterocycles. The summed E-state index contributed by atoms with van der Waals surface area (Å²) in [5.41, 5.74) is -2.89. The molecule has 202 valence electrons. The lowest BCUT2D eigenvalue weighted by Crippen LogP contribution is -2.54. The van der Waals surface area contributed by atoms with E-state index in [9.17, 15) is 35.6 Å². The van der Waals surface area contributed by atoms with Crippen LogP contribution in [0.25, 0.3) is 0 Å². The molecule has 0 fully saturated rings. The van der Waals surface area contributed by atoms with E-state index in [1.807, 2.05) is 0 Å². The molecule has 2 aromatic rings. The minimum Gasteiger partial charge on any atom is -0.484 e. The van der Waals surface area contributed by atoms with Crippen LogP contribution in [0.15, 0.2) is 47.4 Å². The van der Waals surface area contributed by atoms with Crippen LogP contribution < -0.4 is 19.7 Å². The van der Waals surface area contributed by atoms with Crippen molar-refractivity contribution in [1.82, 2.24) is 5.32 Å². The first kappa shape index (κ1) is 28.0. The molecule has 0 bridgehead atoms. The van der Waals surface area contributed by atoms with Gasteiger partial charge in [0.05, 0.1) is 23.2 Å². The van der Waals surface area contributed by atoms with Gasteiger partial charge in [-0.3, -0.25) is 14.4 Å². The second-order valence-corrected chi connectivity index (χ2v) is 10.6. The SMILES string of the molecule is CC(=O)NC[C@@H]1Oc2ccc(NC(=O)OC(C)(C)C(F)(F)F)cc2N(S(=O)(=O)c2ccc(F)cc2)[C@@H]1C. The van der Waals surface area contributed by atoms with Crippen molar-refractivity contribution < 1.29 is 45.0 Å². The van der Waals surface area contributed by atoms with E-state index in [-0.39, 0.29) is 34.5 Å². The van der Waals surface area contributed by atoms with Crippen molar-refractivity contribution in [1.29, 1.82) is 0 Å². The van der Waals surface area contributed by atoms with E-state index in [1.54, 1.807) is 0 Å². The Morgan fingerprint density at radius 2 is 1.73 bits per heavy atom. The van der Waals surface area contributed by atoms with Gasteiger partial charge in [0.2, 0.25) is 11.5 Å². The molecule has 0 radical (unpaired) electrons. The van der Waals surface area contributed by atoms with Crippen molar-refractivity contribution in [3.05, 3.63) is 48.3 Å². The summed E-state index contributed by atoms with van der Waals surface area (Å²) >= 11 is 0. The van der Waals surface area contributed by atoms with Crippen LogP contribution in [0.3, 0.4) is 0 Å². The number of amides is 2. The largest absolute Gasteiger partial charge is 0.484 e. The first-order valence-corrected chi connectivity index (χ1v) is 12.4. The molecular formula is C23H25F4N3O6S. The molecule has 2 aromatic carbocycles. The number of anilines is 2. The summed E-state index contributed by atoms with van der Waals surface area (Å²) in [5.74, 6) is -0.951. The number of hydrogen-bond acceptors (Lipinski definition) is 6. The Labute approximate surface area is 210 Å². The van der Waals surface area contributed by atoms with Crippen LogP contribution in [-0.4, -0.2) is 50.9 Å². The van der Waals surface area contributed by atoms with Gasteiger partial charge >= 0.3 is 12.3 Å². The second-order valence-electron chi connectivity index (χ2n) is 8.79. The predicted molar refractivity (Wildman–Crippen MR) is 125 cm³/mol. The van der Waals surface area contributed by atoms with Crippen molar-refractivity contribution in [3.63, 3.8) is 0 Å². The average Bonchev–Trinajstić information content (AvgIpc) is 2.76. The molecular weight excluding hydrogens is 522 g/mol. The number of ether oxygens (including phenoxy) is 2. The highest BCUT2D eigenvalue weighted by molar-refractivity contribution is 7.92. The zero-order chi connectivity index (χ0) is 27.8. The third kappa shape index (κ3) is 6.06. The van der Waals surface area contributed by atoms with Gasteiger partial charge in [-0.1, -0.05) is 0 Å². The molecule has 14 heteroatoms. The molecule has 0 aromatic heterocycles. The van der Waals surface area contributed by atoms with Gasteiger partial charge in [0.1, 0.15) is 17.7 Å². The van der Waals surface area contributed by atoms with Crippen LogP contribution in [0.4, 0.5) is 33.7 Å². The summed E-state index contributed by atoms with van der Waals surface area (Å²) in [6.45, 7) is 4.13. The summed E-state index contributed by atoms with van der Waals surface area (Å²) in [5, 5.41) is 4.73. The van der Waals surface area contributed by atoms with Gasteiger partial charge in [0.15, 0.2) is 0 Å². The van der Waals surface area contributed by atoms with Gasteiger partial charge in [-0.15, -0.1) is 0 Å². The van der Waals surface area contributed by atoms with Gasteiger partial charge in [-0.2, -0.15) is 13.2 Å². The lowest BCUT2D eigenvalue weighted by atomic mass is 10.1. The monoisotopic (exact) mass is 547 g/mol. The van der Waals surface area contributed by atoms with Crippen molar-refractivity contribution in [2.45, 2.75) is 56.5 Å². The minimum atomic E-state index is -4.83. The second kappa shape index (κ2) is 10.1. The van der Waals surface area contributed by atoms with Crippen LogP contribution in [0, 0.1) is 5.82 Å². The van der Waals surface area contributed by atoms with Gasteiger partial charge in [0.25, 0.3) is 10.0 Å². The van der Waals surface area contributed by atoms with Gasteiger partial charge in [-0.05, 0) is 63.2 Å². The molecule has 2 atom stereocenters. The van der Waals surface area contributed by atoms with E-state index in [4.69, 9.17) is 4.74 Å². The number of benzene rings is 2. The number of carbonyl (C=O) groups excluding carboxylic acids is 2. The maximum absolute atomic E-state index is 13.6. The lowest BCUT2D eigenvalue weighted by Gasteiger charge is -2.41. The number of nitrogens with zero attached hydrogens (tertiary/aromatic N) is 1. The summed E-state index contributed by atoms with van der Waals surface area (Å²) in [4.78, 5) is 23.4. The topological polar surface area (TPSA) is 114 Å². The summed E-state index contributed by atoms with van der Waals surface area (Å²) in [6.07, 6.45) is -7.07. The third-order valence-corrected chi connectivity index (χ3v) is 7.50. The quantitative estimate of drug-likeness (QED) is 0.525. The molecule has 0 aliphatic carbocycles. The van der Waals surface area contributed by atoms with E-state index < -0.39 is 45.9 Å². The van der Waals surface area contributed by atoms with E-state index in [0.717, 1.165) is 28.6 Å². The van der Waals surface area contributed by atoms with Gasteiger partial charge < -0.3 is 14.8 Å². The molecule has 0 saturated carbocycles. The highest BCUT2D eigenvalue weighted by Gasteiger charge is 2.51. The van der Waals surface area contributed by atoms with Gasteiger partial charge in [-0.25, -0.2) is 17.6 Å². The normalized spacial score (nSPS) is 17.9. The number of sulfonamides is 1. The Hall–Kier alpha value is -3.55. The molecule has 0 spiro atoms. The van der Waals surface area contributed by atoms with Crippen LogP contribution in [0.1, 0.15) is 27.7 Å². The summed E-state index contributed by atoms with van der Waals surface area (Å²) in [7, 11) is -4.33. The van der Waals surface area contributed by atoms with E-state index in [1.165, 1.54) is 32.0 Å². The molecule has 1 aliphatic rings. The zero-order valence-electron chi connectivity index (χ0n) is 20.2. The molecule has 37 heavy (non-hydrogen) atoms. The first-order valence-electron chi connectivity index (χ1n) is 10.9. The Bertz CT molecular complexity index is 1280. The van der Waals surface area contributed by atoms with Crippen LogP contribution in [0.5, 0.6) is 5.75 Å². The lowest BCUT2D eigenvalue weighted by molar-refractivity contribution is -0.242. The van der Waals surface area contributed by atoms with E-state index >= 15 is 0 Å². The van der Waals surface area contributed by atoms with Crippen molar-refractivity contribution in [2.24, 2.45) is 0 Å². The summed E-state index contributed by atoms with van der Waals surface area (Å²) < 4.78 is 91.3. The Morgan fingerprint density at radius 3 is 2.30 bits per heavy atom. The predicted octanol–water partition coefficient (Wildman–Crippen LogP) is 4.20. The standard InChI is InChI=1S/C23H25F4N3O6S/c1-13-20(12-28-14(2)31)35-19-10-7-16(29-21(32)36-22(3,4)23(25,26)27)11-18(19)30(13)37(33,34)17-8-5-15(24)6-9-17/h5-11,13,20H,12H2,1-4H3,(H,28,31)(H,29,32)/t13-,20+/m1/s1. The number of alkyl halides is 3. The smallest absolute Gasteiger partial charge is 0.427 e. The van der Waals surface area contributed by atoms with Crippen molar-refractivity contribution >= 4 is 33.4 Å². The Morgan fingerprint density at radius 1 is 1.11 bits per heavy atom. The van der Waals surface area contributed by atoms with Crippen molar-refractivity contribution in [2.75, 3.05) is 16.2 Å². The Balaban J connectivity index is 2.00. The molecule has 1 aliphatic heterocycles. The number of hydrogen-bond donors (Lipinski definition) is 2. The number of halogens is 4. The van der Waals surface area contributed by atoms with Crippen molar-refractivity contribution in [3.8, 4) is 5.75 Å². The number of rotatable bonds is 6. The highest BCUT2D eigenvalue weighted by atomic mass is 32.2. The minimum absolute atomic E-state index is 0.0375. The average molecular weight is 548 g/mol. The van der Waals surface area contributed by atoms with Crippen LogP contribution in [0.2, 0.25) is 0 Å². The number of carbonyl (C=O) groups is 2. The number of fused-ring (bicyclic) bond motifs is 1. The fraction of sp³-hybridized carbons (Fsp3) is 0.391. The Kier molecular flexibility index (Phi) is 7.63. The van der Waals surface area contributed by atoms with Crippen LogP contribution >= 0.6 is 0 Å². The third-order valence-electron chi connectivity index (χ3n) is 5.58. The summed E-state index contributed by atoms with van der Waals surface area (Å²) in [6, 6.07) is 7.01. The van der Waals surface area contributed by atoms with E-state index in [0.29, 0.717) is 13.8 Å². The fourth-order valence-corrected chi connectivity index (χ4v) is 5.14. The molecule has 2 amide bonds.